The molecule has 0 fully saturated rings. The van der Waals surface area contributed by atoms with E-state index in [2.05, 4.69) is 82.7 Å². The quantitative estimate of drug-likeness (QED) is 0.339. The van der Waals surface area contributed by atoms with Crippen molar-refractivity contribution in [3.8, 4) is 22.3 Å². The summed E-state index contributed by atoms with van der Waals surface area (Å²) in [6, 6.07) is 27.8. The van der Waals surface area contributed by atoms with E-state index in [1.807, 2.05) is 0 Å². The molecular weight excluding hydrogens is 431 g/mol. The van der Waals surface area contributed by atoms with Crippen LogP contribution in [0.25, 0.3) is 33.0 Å². The van der Waals surface area contributed by atoms with Crippen molar-refractivity contribution in [1.29, 1.82) is 0 Å². The Kier molecular flexibility index (Phi) is 3.24. The van der Waals surface area contributed by atoms with Gasteiger partial charge in [0.2, 0.25) is 0 Å². The van der Waals surface area contributed by atoms with Gasteiger partial charge in [0.25, 0.3) is 0 Å². The minimum absolute atomic E-state index is 1.21. The Bertz CT molecular complexity index is 1220. The number of hydrogen-bond donors (Lipinski definition) is 0. The summed E-state index contributed by atoms with van der Waals surface area (Å²) in [6.07, 6.45) is 2.43. The van der Waals surface area contributed by atoms with Crippen LogP contribution in [0.5, 0.6) is 0 Å². The maximum absolute atomic E-state index is 2.64. The first-order valence-electron chi connectivity index (χ1n) is 9.93. The van der Waals surface area contributed by atoms with Gasteiger partial charge < -0.3 is 0 Å². The van der Waals surface area contributed by atoms with Crippen LogP contribution in [-0.2, 0) is 12.8 Å². The van der Waals surface area contributed by atoms with Gasteiger partial charge in [0, 0.05) is 0 Å². The van der Waals surface area contributed by atoms with E-state index in [4.69, 9.17) is 0 Å². The zero-order valence-electron chi connectivity index (χ0n) is 15.8. The SMILES string of the molecule is [CH3][Sn]1([CH3])[c]2cc(-c3ccccc3)ccc2-c2ccc3c4c(cc[c]1c24)CC3. The summed E-state index contributed by atoms with van der Waals surface area (Å²) in [5.41, 5.74) is 8.78. The molecule has 1 heteroatoms. The molecule has 0 N–H and O–H groups in total. The van der Waals surface area contributed by atoms with Gasteiger partial charge in [-0.05, 0) is 0 Å². The summed E-state index contributed by atoms with van der Waals surface area (Å²) >= 11 is -2.64. The maximum atomic E-state index is 2.60. The molecule has 1 aliphatic carbocycles. The summed E-state index contributed by atoms with van der Waals surface area (Å²) in [5, 5.41) is 3.19. The third kappa shape index (κ3) is 2.11. The molecule has 0 aromatic heterocycles. The minimum atomic E-state index is -2.64. The molecule has 0 radical (unpaired) electrons. The topological polar surface area (TPSA) is 0 Å². The second-order valence-corrected chi connectivity index (χ2v) is 20.9. The van der Waals surface area contributed by atoms with Crippen molar-refractivity contribution in [3.63, 3.8) is 0 Å². The molecule has 0 atom stereocenters. The molecule has 6 rings (SSSR count). The molecule has 0 nitrogen and oxygen atoms in total. The van der Waals surface area contributed by atoms with Gasteiger partial charge in [-0.25, -0.2) is 0 Å². The Morgan fingerprint density at radius 1 is 0.593 bits per heavy atom. The Morgan fingerprint density at radius 3 is 2.07 bits per heavy atom. The Morgan fingerprint density at radius 2 is 1.30 bits per heavy atom. The molecule has 130 valence electrons. The van der Waals surface area contributed by atoms with Gasteiger partial charge in [0.1, 0.15) is 0 Å². The first kappa shape index (κ1) is 15.9. The predicted molar refractivity (Wildman–Crippen MR) is 119 cm³/mol. The molecular formula is C26H22Sn. The molecule has 1 aliphatic heterocycles. The second kappa shape index (κ2) is 5.48. The summed E-state index contributed by atoms with van der Waals surface area (Å²) in [6.45, 7) is 0. The van der Waals surface area contributed by atoms with Gasteiger partial charge in [0.15, 0.2) is 0 Å². The van der Waals surface area contributed by atoms with Crippen LogP contribution in [0.2, 0.25) is 9.88 Å². The first-order valence-corrected chi connectivity index (χ1v) is 18.5. The van der Waals surface area contributed by atoms with E-state index in [1.54, 1.807) is 29.1 Å². The van der Waals surface area contributed by atoms with Crippen molar-refractivity contribution in [2.75, 3.05) is 0 Å². The summed E-state index contributed by atoms with van der Waals surface area (Å²) < 4.78 is 3.35. The average molecular weight is 453 g/mol. The summed E-state index contributed by atoms with van der Waals surface area (Å²) in [5.74, 6) is 0. The van der Waals surface area contributed by atoms with Crippen LogP contribution < -0.4 is 7.16 Å². The van der Waals surface area contributed by atoms with Crippen molar-refractivity contribution in [1.82, 2.24) is 0 Å². The van der Waals surface area contributed by atoms with Gasteiger partial charge >= 0.3 is 165 Å². The van der Waals surface area contributed by atoms with Gasteiger partial charge in [-0.15, -0.1) is 0 Å². The van der Waals surface area contributed by atoms with Gasteiger partial charge in [-0.3, -0.25) is 0 Å². The summed E-state index contributed by atoms with van der Waals surface area (Å²) in [7, 11) is 0. The van der Waals surface area contributed by atoms with E-state index in [0.717, 1.165) is 0 Å². The van der Waals surface area contributed by atoms with Gasteiger partial charge in [-0.1, -0.05) is 0 Å². The van der Waals surface area contributed by atoms with E-state index < -0.39 is 18.4 Å². The molecule has 4 aromatic rings. The predicted octanol–water partition coefficient (Wildman–Crippen LogP) is 5.41. The van der Waals surface area contributed by atoms with E-state index in [0.29, 0.717) is 0 Å². The third-order valence-corrected chi connectivity index (χ3v) is 16.8. The van der Waals surface area contributed by atoms with Crippen molar-refractivity contribution in [2.24, 2.45) is 0 Å². The fourth-order valence-corrected chi connectivity index (χ4v) is 14.1. The van der Waals surface area contributed by atoms with Crippen molar-refractivity contribution >= 4 is 36.3 Å². The molecule has 4 aromatic carbocycles. The molecule has 2 aliphatic rings. The van der Waals surface area contributed by atoms with E-state index in [9.17, 15) is 0 Å². The normalized spacial score (nSPS) is 15.8. The monoisotopic (exact) mass is 454 g/mol. The Hall–Kier alpha value is -2.06. The van der Waals surface area contributed by atoms with Crippen LogP contribution in [0.15, 0.2) is 72.8 Å². The van der Waals surface area contributed by atoms with Crippen molar-refractivity contribution in [2.45, 2.75) is 22.7 Å². The number of aryl methyl sites for hydroxylation is 2. The van der Waals surface area contributed by atoms with Crippen molar-refractivity contribution in [3.05, 3.63) is 83.9 Å². The van der Waals surface area contributed by atoms with E-state index >= 15 is 0 Å². The number of benzene rings is 4. The molecule has 0 saturated carbocycles. The number of fused-ring (bicyclic) bond motifs is 2. The van der Waals surface area contributed by atoms with E-state index in [1.165, 1.54) is 35.1 Å². The van der Waals surface area contributed by atoms with Crippen LogP contribution in [0.4, 0.5) is 0 Å². The summed E-state index contributed by atoms with van der Waals surface area (Å²) in [4.78, 5) is 5.20. The standard InChI is InChI=1S/C24H16.2CH3.Sn/c1-2-5-17(6-3-1)18-9-11-19(12-10-18)22-16-15-21-14-13-20-7-4-8-23(22)24(20)21;;;/h1-7,9-11,15-16H,13-14H2;2*1H3;. The van der Waals surface area contributed by atoms with Crippen LogP contribution in [0.3, 0.4) is 0 Å². The van der Waals surface area contributed by atoms with Crippen LogP contribution in [-0.4, -0.2) is 18.4 Å². The fourth-order valence-electron chi connectivity index (χ4n) is 5.33. The van der Waals surface area contributed by atoms with Crippen LogP contribution in [0.1, 0.15) is 11.1 Å². The number of rotatable bonds is 1. The molecule has 1 heterocycles. The third-order valence-electron chi connectivity index (χ3n) is 6.76. The van der Waals surface area contributed by atoms with Gasteiger partial charge in [0.05, 0.1) is 0 Å². The second-order valence-electron chi connectivity index (χ2n) is 8.55. The molecule has 0 bridgehead atoms. The first-order chi connectivity index (χ1) is 13.1. The Labute approximate surface area is 164 Å². The van der Waals surface area contributed by atoms with E-state index in [-0.39, 0.29) is 0 Å². The zero-order valence-corrected chi connectivity index (χ0v) is 18.7. The molecule has 0 amide bonds. The van der Waals surface area contributed by atoms with Gasteiger partial charge in [-0.2, -0.15) is 0 Å². The van der Waals surface area contributed by atoms with Crippen LogP contribution >= 0.6 is 0 Å². The molecule has 0 spiro atoms. The molecule has 27 heavy (non-hydrogen) atoms. The fraction of sp³-hybridized carbons (Fsp3) is 0.154. The Balaban J connectivity index is 1.70. The zero-order chi connectivity index (χ0) is 18.2. The average Bonchev–Trinajstić information content (AvgIpc) is 3.13. The molecule has 0 saturated heterocycles. The van der Waals surface area contributed by atoms with Crippen LogP contribution in [0, 0.1) is 0 Å². The van der Waals surface area contributed by atoms with Crippen molar-refractivity contribution < 1.29 is 0 Å². The molecule has 0 unspecified atom stereocenters. The number of hydrogen-bond acceptors (Lipinski definition) is 0.